The van der Waals surface area contributed by atoms with Gasteiger partial charge >= 0.3 is 0 Å². The Morgan fingerprint density at radius 3 is 2.29 bits per heavy atom. The number of amides is 1. The summed E-state index contributed by atoms with van der Waals surface area (Å²) >= 11 is 0. The van der Waals surface area contributed by atoms with Crippen molar-refractivity contribution in [2.45, 2.75) is 25.8 Å². The summed E-state index contributed by atoms with van der Waals surface area (Å²) in [6.45, 7) is 3.11. The first-order chi connectivity index (χ1) is 11.7. The number of likely N-dealkylation sites (tertiary alicyclic amines) is 1. The monoisotopic (exact) mass is 323 g/mol. The van der Waals surface area contributed by atoms with Crippen molar-refractivity contribution in [2.24, 2.45) is 0 Å². The second-order valence-electron chi connectivity index (χ2n) is 6.39. The van der Waals surface area contributed by atoms with Crippen molar-refractivity contribution < 1.29 is 4.79 Å². The minimum atomic E-state index is 0.144. The summed E-state index contributed by atoms with van der Waals surface area (Å²) in [5.74, 6) is 0.144. The lowest BCUT2D eigenvalue weighted by Crippen LogP contribution is -2.42. The van der Waals surface area contributed by atoms with E-state index in [1.165, 1.54) is 19.3 Å². The summed E-state index contributed by atoms with van der Waals surface area (Å²) in [7, 11) is 0. The molecule has 1 aliphatic rings. The molecule has 0 unspecified atom stereocenters. The lowest BCUT2D eigenvalue weighted by Gasteiger charge is -2.30. The molecule has 2 aromatic rings. The number of nitrogen functional groups attached to an aromatic ring is 1. The normalized spacial score (nSPS) is 15.2. The van der Waals surface area contributed by atoms with Crippen LogP contribution in [0.3, 0.4) is 0 Å². The average molecular weight is 323 g/mol. The quantitative estimate of drug-likeness (QED) is 0.859. The first-order valence-electron chi connectivity index (χ1n) is 8.64. The number of carbonyl (C=O) groups excluding carboxylic acids is 1. The number of piperidine rings is 1. The first-order valence-corrected chi connectivity index (χ1v) is 8.64. The molecular formula is C20H25N3O. The molecule has 0 aromatic heterocycles. The topological polar surface area (TPSA) is 49.6 Å². The Hall–Kier alpha value is -2.33. The third-order valence-corrected chi connectivity index (χ3v) is 4.50. The Balaban J connectivity index is 1.77. The number of benzene rings is 2. The van der Waals surface area contributed by atoms with Gasteiger partial charge in [-0.3, -0.25) is 9.69 Å². The molecule has 0 radical (unpaired) electrons. The van der Waals surface area contributed by atoms with Crippen LogP contribution in [0.2, 0.25) is 0 Å². The van der Waals surface area contributed by atoms with E-state index in [-0.39, 0.29) is 5.91 Å². The van der Waals surface area contributed by atoms with Crippen LogP contribution >= 0.6 is 0 Å². The Morgan fingerprint density at radius 1 is 0.958 bits per heavy atom. The lowest BCUT2D eigenvalue weighted by atomic mass is 10.1. The number of anilines is 2. The number of nitrogens with two attached hydrogens (primary N) is 1. The molecule has 24 heavy (non-hydrogen) atoms. The van der Waals surface area contributed by atoms with Crippen LogP contribution in [0.4, 0.5) is 11.4 Å². The molecule has 3 rings (SSSR count). The highest BCUT2D eigenvalue weighted by molar-refractivity contribution is 5.94. The van der Waals surface area contributed by atoms with Crippen molar-refractivity contribution in [3.05, 3.63) is 60.2 Å². The Bertz CT molecular complexity index is 648. The molecule has 0 saturated carbocycles. The van der Waals surface area contributed by atoms with Gasteiger partial charge in [0.25, 0.3) is 0 Å². The maximum Gasteiger partial charge on any atom is 0.241 e. The van der Waals surface area contributed by atoms with Gasteiger partial charge in [0.1, 0.15) is 0 Å². The second-order valence-corrected chi connectivity index (χ2v) is 6.39. The molecule has 0 bridgehead atoms. The molecule has 2 N–H and O–H groups in total. The summed E-state index contributed by atoms with van der Waals surface area (Å²) in [4.78, 5) is 17.1. The summed E-state index contributed by atoms with van der Waals surface area (Å²) in [5.41, 5.74) is 8.53. The fourth-order valence-electron chi connectivity index (χ4n) is 3.14. The van der Waals surface area contributed by atoms with Crippen LogP contribution in [0.25, 0.3) is 0 Å². The van der Waals surface area contributed by atoms with Gasteiger partial charge in [-0.25, -0.2) is 0 Å². The van der Waals surface area contributed by atoms with Crippen molar-refractivity contribution >= 4 is 17.3 Å². The van der Waals surface area contributed by atoms with E-state index < -0.39 is 0 Å². The minimum absolute atomic E-state index is 0.144. The third-order valence-electron chi connectivity index (χ3n) is 4.50. The zero-order chi connectivity index (χ0) is 16.8. The van der Waals surface area contributed by atoms with Gasteiger partial charge in [0, 0.05) is 11.4 Å². The molecule has 0 aliphatic carbocycles. The lowest BCUT2D eigenvalue weighted by molar-refractivity contribution is -0.120. The van der Waals surface area contributed by atoms with Crippen LogP contribution in [0.1, 0.15) is 24.8 Å². The fourth-order valence-corrected chi connectivity index (χ4v) is 3.14. The smallest absolute Gasteiger partial charge is 0.241 e. The van der Waals surface area contributed by atoms with E-state index in [9.17, 15) is 4.79 Å². The molecule has 1 heterocycles. The summed E-state index contributed by atoms with van der Waals surface area (Å²) in [6, 6.07) is 17.7. The number of carbonyl (C=O) groups is 1. The van der Waals surface area contributed by atoms with Crippen molar-refractivity contribution in [1.29, 1.82) is 0 Å². The Labute approximate surface area is 143 Å². The number of hydrogen-bond acceptors (Lipinski definition) is 3. The number of hydrogen-bond donors (Lipinski definition) is 1. The highest BCUT2D eigenvalue weighted by atomic mass is 16.2. The highest BCUT2D eigenvalue weighted by Crippen LogP contribution is 2.20. The van der Waals surface area contributed by atoms with E-state index in [1.807, 2.05) is 47.4 Å². The molecule has 1 fully saturated rings. The molecule has 4 nitrogen and oxygen atoms in total. The maximum atomic E-state index is 13.0. The van der Waals surface area contributed by atoms with Gasteiger partial charge in [-0.15, -0.1) is 0 Å². The molecule has 2 aromatic carbocycles. The Morgan fingerprint density at radius 2 is 1.62 bits per heavy atom. The number of nitrogens with zero attached hydrogens (tertiary/aromatic N) is 2. The van der Waals surface area contributed by atoms with Gasteiger partial charge in [-0.05, 0) is 55.8 Å². The van der Waals surface area contributed by atoms with Gasteiger partial charge in [0.2, 0.25) is 5.91 Å². The molecule has 0 atom stereocenters. The largest absolute Gasteiger partial charge is 0.399 e. The van der Waals surface area contributed by atoms with E-state index >= 15 is 0 Å². The minimum Gasteiger partial charge on any atom is -0.399 e. The molecular weight excluding hydrogens is 298 g/mol. The van der Waals surface area contributed by atoms with Crippen LogP contribution < -0.4 is 10.6 Å². The summed E-state index contributed by atoms with van der Waals surface area (Å²) < 4.78 is 0. The fraction of sp³-hybridized carbons (Fsp3) is 0.350. The molecule has 0 spiro atoms. The van der Waals surface area contributed by atoms with Gasteiger partial charge < -0.3 is 10.6 Å². The van der Waals surface area contributed by atoms with Crippen LogP contribution in [0, 0.1) is 0 Å². The van der Waals surface area contributed by atoms with Crippen LogP contribution in [0.15, 0.2) is 54.6 Å². The van der Waals surface area contributed by atoms with E-state index in [0.29, 0.717) is 18.8 Å². The van der Waals surface area contributed by atoms with Crippen molar-refractivity contribution in [1.82, 2.24) is 4.90 Å². The van der Waals surface area contributed by atoms with Gasteiger partial charge in [-0.1, -0.05) is 36.8 Å². The predicted octanol–water partition coefficient (Wildman–Crippen LogP) is 3.29. The second kappa shape index (κ2) is 7.97. The van der Waals surface area contributed by atoms with E-state index in [4.69, 9.17) is 5.73 Å². The molecule has 1 aliphatic heterocycles. The highest BCUT2D eigenvalue weighted by Gasteiger charge is 2.20. The van der Waals surface area contributed by atoms with Crippen molar-refractivity contribution in [3.63, 3.8) is 0 Å². The van der Waals surface area contributed by atoms with Gasteiger partial charge in [0.05, 0.1) is 13.1 Å². The van der Waals surface area contributed by atoms with Crippen molar-refractivity contribution in [3.8, 4) is 0 Å². The molecule has 1 amide bonds. The third kappa shape index (κ3) is 4.36. The van der Waals surface area contributed by atoms with E-state index in [0.717, 1.165) is 24.3 Å². The van der Waals surface area contributed by atoms with Crippen LogP contribution in [0.5, 0.6) is 0 Å². The SMILES string of the molecule is Nc1ccc(N(Cc2ccccc2)C(=O)CN2CCCCC2)cc1. The van der Waals surface area contributed by atoms with E-state index in [2.05, 4.69) is 17.0 Å². The van der Waals surface area contributed by atoms with Gasteiger partial charge in [-0.2, -0.15) is 0 Å². The summed E-state index contributed by atoms with van der Waals surface area (Å²) in [5, 5.41) is 0. The average Bonchev–Trinajstić information content (AvgIpc) is 2.62. The Kier molecular flexibility index (Phi) is 5.49. The summed E-state index contributed by atoms with van der Waals surface area (Å²) in [6.07, 6.45) is 3.65. The van der Waals surface area contributed by atoms with Crippen molar-refractivity contribution in [2.75, 3.05) is 30.3 Å². The van der Waals surface area contributed by atoms with Gasteiger partial charge in [0.15, 0.2) is 0 Å². The molecule has 126 valence electrons. The maximum absolute atomic E-state index is 13.0. The van der Waals surface area contributed by atoms with E-state index in [1.54, 1.807) is 0 Å². The van der Waals surface area contributed by atoms with Crippen LogP contribution in [-0.2, 0) is 11.3 Å². The first kappa shape index (κ1) is 16.5. The zero-order valence-electron chi connectivity index (χ0n) is 14.0. The predicted molar refractivity (Wildman–Crippen MR) is 98.8 cm³/mol. The molecule has 1 saturated heterocycles. The standard InChI is InChI=1S/C20H25N3O/c21-18-9-11-19(12-10-18)23(15-17-7-3-1-4-8-17)20(24)16-22-13-5-2-6-14-22/h1,3-4,7-12H,2,5-6,13-16,21H2. The zero-order valence-corrected chi connectivity index (χ0v) is 14.0. The van der Waals surface area contributed by atoms with Crippen LogP contribution in [-0.4, -0.2) is 30.4 Å². The number of rotatable bonds is 5. The molecule has 4 heteroatoms.